The standard InChI is InChI=1S/C26H23N3P2/c1-22-27-30(23-14-6-2-7-15-23,24-16-8-3-9-17-24)29-31(28-22,25-18-10-4-11-19-25)26-20-12-5-13-21-26/h2-21H,1H3. The molecule has 0 atom stereocenters. The monoisotopic (exact) mass is 439 g/mol. The molecule has 0 saturated carbocycles. The lowest BCUT2D eigenvalue weighted by Gasteiger charge is -2.32. The number of amidine groups is 1. The Morgan fingerprint density at radius 2 is 0.774 bits per heavy atom. The van der Waals surface area contributed by atoms with Crippen molar-refractivity contribution < 1.29 is 0 Å². The molecule has 0 radical (unpaired) electrons. The fourth-order valence-electron chi connectivity index (χ4n) is 3.95. The molecule has 4 aromatic carbocycles. The average Bonchev–Trinajstić information content (AvgIpc) is 2.86. The van der Waals surface area contributed by atoms with Crippen molar-refractivity contribution in [3.63, 3.8) is 0 Å². The van der Waals surface area contributed by atoms with Crippen LogP contribution in [0.2, 0.25) is 0 Å². The van der Waals surface area contributed by atoms with Crippen molar-refractivity contribution in [3.05, 3.63) is 121 Å². The van der Waals surface area contributed by atoms with Crippen LogP contribution in [0.25, 0.3) is 0 Å². The Balaban J connectivity index is 1.96. The van der Waals surface area contributed by atoms with Gasteiger partial charge in [0.2, 0.25) is 0 Å². The molecule has 1 heterocycles. The molecule has 5 heteroatoms. The minimum Gasteiger partial charge on any atom is -0.223 e. The van der Waals surface area contributed by atoms with Crippen LogP contribution >= 0.6 is 14.4 Å². The molecule has 152 valence electrons. The van der Waals surface area contributed by atoms with Crippen molar-refractivity contribution in [2.45, 2.75) is 6.92 Å². The highest BCUT2D eigenvalue weighted by atomic mass is 31.2. The van der Waals surface area contributed by atoms with E-state index in [1.54, 1.807) is 0 Å². The second-order valence-electron chi connectivity index (χ2n) is 7.38. The van der Waals surface area contributed by atoms with Crippen molar-refractivity contribution in [2.24, 2.45) is 14.0 Å². The fraction of sp³-hybridized carbons (Fsp3) is 0.0385. The quantitative estimate of drug-likeness (QED) is 0.352. The van der Waals surface area contributed by atoms with E-state index >= 15 is 0 Å². The third-order valence-corrected chi connectivity index (χ3v) is 12.6. The first-order valence-corrected chi connectivity index (χ1v) is 13.7. The van der Waals surface area contributed by atoms with E-state index in [1.807, 2.05) is 31.2 Å². The summed E-state index contributed by atoms with van der Waals surface area (Å²) in [5, 5.41) is 4.64. The molecule has 4 aromatic rings. The molecule has 0 N–H and O–H groups in total. The molecule has 0 amide bonds. The highest BCUT2D eigenvalue weighted by Crippen LogP contribution is 2.64. The summed E-state index contributed by atoms with van der Waals surface area (Å²) < 4.78 is 16.2. The largest absolute Gasteiger partial charge is 0.223 e. The molecule has 0 aromatic heterocycles. The van der Waals surface area contributed by atoms with E-state index in [0.717, 1.165) is 27.1 Å². The van der Waals surface area contributed by atoms with Crippen LogP contribution in [0.3, 0.4) is 0 Å². The van der Waals surface area contributed by atoms with Crippen LogP contribution in [0.1, 0.15) is 6.92 Å². The van der Waals surface area contributed by atoms with E-state index in [2.05, 4.69) is 97.1 Å². The second kappa shape index (κ2) is 8.27. The predicted octanol–water partition coefficient (Wildman–Crippen LogP) is 5.95. The van der Waals surface area contributed by atoms with Crippen LogP contribution in [0.15, 0.2) is 135 Å². The summed E-state index contributed by atoms with van der Waals surface area (Å²) in [5.74, 6) is 0.817. The zero-order valence-corrected chi connectivity index (χ0v) is 19.1. The maximum Gasteiger partial charge on any atom is 0.139 e. The molecule has 1 aliphatic heterocycles. The molecule has 31 heavy (non-hydrogen) atoms. The zero-order valence-electron chi connectivity index (χ0n) is 17.3. The van der Waals surface area contributed by atoms with Gasteiger partial charge in [0.15, 0.2) is 0 Å². The van der Waals surface area contributed by atoms with Gasteiger partial charge in [-0.3, -0.25) is 0 Å². The van der Waals surface area contributed by atoms with Gasteiger partial charge in [-0.15, -0.1) is 0 Å². The lowest BCUT2D eigenvalue weighted by molar-refractivity contribution is 1.53. The summed E-state index contributed by atoms with van der Waals surface area (Å²) in [6, 6.07) is 42.1. The summed E-state index contributed by atoms with van der Waals surface area (Å²) in [6.07, 6.45) is 0. The van der Waals surface area contributed by atoms with Crippen LogP contribution in [-0.4, -0.2) is 5.84 Å². The Bertz CT molecular complexity index is 1160. The van der Waals surface area contributed by atoms with Crippen LogP contribution in [0, 0.1) is 0 Å². The maximum atomic E-state index is 5.74. The summed E-state index contributed by atoms with van der Waals surface area (Å²) in [5.41, 5.74) is 0. The molecule has 0 unspecified atom stereocenters. The van der Waals surface area contributed by atoms with Crippen molar-refractivity contribution in [1.82, 2.24) is 0 Å². The minimum atomic E-state index is -2.43. The molecule has 0 aliphatic carbocycles. The number of hydrogen-bond acceptors (Lipinski definition) is 3. The highest BCUT2D eigenvalue weighted by molar-refractivity contribution is 7.90. The molecule has 3 nitrogen and oxygen atoms in total. The summed E-state index contributed by atoms with van der Waals surface area (Å²) in [7, 11) is -4.87. The van der Waals surface area contributed by atoms with E-state index in [0.29, 0.717) is 0 Å². The first-order valence-electron chi connectivity index (χ1n) is 10.3. The minimum absolute atomic E-state index is 0.817. The zero-order chi connectivity index (χ0) is 21.2. The smallest absolute Gasteiger partial charge is 0.139 e. The lowest BCUT2D eigenvalue weighted by atomic mass is 10.4. The summed E-state index contributed by atoms with van der Waals surface area (Å²) in [4.78, 5) is 0. The number of hydrogen-bond donors (Lipinski definition) is 0. The van der Waals surface area contributed by atoms with Crippen molar-refractivity contribution in [2.75, 3.05) is 0 Å². The Hall–Kier alpha value is -2.99. The number of rotatable bonds is 4. The van der Waals surface area contributed by atoms with Gasteiger partial charge in [-0.1, -0.05) is 121 Å². The molecule has 0 spiro atoms. The van der Waals surface area contributed by atoms with E-state index in [-0.39, 0.29) is 0 Å². The van der Waals surface area contributed by atoms with Gasteiger partial charge >= 0.3 is 0 Å². The van der Waals surface area contributed by atoms with Gasteiger partial charge < -0.3 is 0 Å². The van der Waals surface area contributed by atoms with Crippen LogP contribution in [-0.2, 0) is 0 Å². The molecule has 1 aliphatic rings. The molecule has 0 saturated heterocycles. The van der Waals surface area contributed by atoms with Gasteiger partial charge in [0.05, 0.1) is 0 Å². The van der Waals surface area contributed by atoms with Crippen molar-refractivity contribution in [3.8, 4) is 0 Å². The van der Waals surface area contributed by atoms with Crippen LogP contribution in [0.4, 0.5) is 0 Å². The Morgan fingerprint density at radius 1 is 0.452 bits per heavy atom. The van der Waals surface area contributed by atoms with E-state index in [4.69, 9.17) is 14.0 Å². The molecule has 0 fully saturated rings. The van der Waals surface area contributed by atoms with Crippen molar-refractivity contribution >= 4 is 41.5 Å². The van der Waals surface area contributed by atoms with Gasteiger partial charge in [0, 0.05) is 21.2 Å². The summed E-state index contributed by atoms with van der Waals surface area (Å²) >= 11 is 0. The average molecular weight is 439 g/mol. The van der Waals surface area contributed by atoms with Crippen LogP contribution < -0.4 is 21.2 Å². The third kappa shape index (κ3) is 3.55. The topological polar surface area (TPSA) is 37.1 Å². The van der Waals surface area contributed by atoms with Crippen LogP contribution in [0.5, 0.6) is 0 Å². The number of nitrogens with zero attached hydrogens (tertiary/aromatic N) is 3. The molecular weight excluding hydrogens is 416 g/mol. The van der Waals surface area contributed by atoms with E-state index in [1.165, 1.54) is 0 Å². The van der Waals surface area contributed by atoms with Gasteiger partial charge in [-0.05, 0) is 6.92 Å². The highest BCUT2D eigenvalue weighted by Gasteiger charge is 2.35. The number of benzene rings is 4. The lowest BCUT2D eigenvalue weighted by Crippen LogP contribution is -2.22. The van der Waals surface area contributed by atoms with Crippen molar-refractivity contribution in [1.29, 1.82) is 0 Å². The van der Waals surface area contributed by atoms with Gasteiger partial charge in [-0.2, -0.15) is 0 Å². The van der Waals surface area contributed by atoms with E-state index < -0.39 is 14.4 Å². The predicted molar refractivity (Wildman–Crippen MR) is 136 cm³/mol. The molecular formula is C26H23N3P2. The van der Waals surface area contributed by atoms with Gasteiger partial charge in [0.1, 0.15) is 20.2 Å². The molecule has 5 rings (SSSR count). The fourth-order valence-corrected chi connectivity index (χ4v) is 11.8. The molecule has 0 bridgehead atoms. The van der Waals surface area contributed by atoms with Gasteiger partial charge in [-0.25, -0.2) is 14.0 Å². The SMILES string of the molecule is CC1=NP(c2ccccc2)(c2ccccc2)=NP(c2ccccc2)(c2ccccc2)=N1. The maximum absolute atomic E-state index is 5.74. The van der Waals surface area contributed by atoms with Gasteiger partial charge in [0.25, 0.3) is 0 Å². The Labute approximate surface area is 183 Å². The third-order valence-electron chi connectivity index (χ3n) is 5.30. The normalized spacial score (nSPS) is 16.5. The van der Waals surface area contributed by atoms with E-state index in [9.17, 15) is 0 Å². The Morgan fingerprint density at radius 3 is 1.13 bits per heavy atom. The second-order valence-corrected chi connectivity index (χ2v) is 13.0. The first kappa shape index (κ1) is 19.9. The first-order chi connectivity index (χ1) is 15.2. The Kier molecular flexibility index (Phi) is 5.32. The summed E-state index contributed by atoms with van der Waals surface area (Å²) in [6.45, 7) is 2.02.